The SMILES string of the molecule is Cc1cc(C(C)(C)C)c(C)[cH-]1.Cc1ccc([CH]=[Zr+2])cc1.[Cl-].[Cl-].[c-]1cccc2c1Cc1ccccc1-2. The molecule has 0 fully saturated rings. The van der Waals surface area contributed by atoms with Gasteiger partial charge < -0.3 is 24.8 Å². The van der Waals surface area contributed by atoms with Crippen molar-refractivity contribution in [2.45, 2.75) is 53.4 Å². The average Bonchev–Trinajstić information content (AvgIpc) is 3.34. The van der Waals surface area contributed by atoms with E-state index >= 15 is 0 Å². The van der Waals surface area contributed by atoms with E-state index in [1.165, 1.54) is 74.3 Å². The maximum atomic E-state index is 3.30. The molecule has 182 valence electrons. The van der Waals surface area contributed by atoms with E-state index in [0.29, 0.717) is 5.41 Å². The predicted octanol–water partition coefficient (Wildman–Crippen LogP) is 2.08. The number of hydrogen-bond acceptors (Lipinski definition) is 0. The summed E-state index contributed by atoms with van der Waals surface area (Å²) in [6, 6.07) is 31.2. The second-order valence-corrected chi connectivity index (χ2v) is 10.5. The topological polar surface area (TPSA) is 0 Å². The maximum absolute atomic E-state index is 3.30. The van der Waals surface area contributed by atoms with Crippen molar-refractivity contribution in [2.75, 3.05) is 0 Å². The van der Waals surface area contributed by atoms with Crippen molar-refractivity contribution < 1.29 is 49.0 Å². The van der Waals surface area contributed by atoms with Gasteiger partial charge in [-0.2, -0.15) is 52.6 Å². The first-order valence-corrected chi connectivity index (χ1v) is 13.0. The Morgan fingerprint density at radius 3 is 2.03 bits per heavy atom. The third-order valence-corrected chi connectivity index (χ3v) is 6.73. The van der Waals surface area contributed by atoms with Crippen LogP contribution >= 0.6 is 0 Å². The molecule has 5 rings (SSSR count). The molecule has 0 aromatic heterocycles. The van der Waals surface area contributed by atoms with Crippen LogP contribution in [-0.4, -0.2) is 3.71 Å². The summed E-state index contributed by atoms with van der Waals surface area (Å²) in [7, 11) is 0. The van der Waals surface area contributed by atoms with Gasteiger partial charge in [-0.05, 0) is 6.42 Å². The summed E-state index contributed by atoms with van der Waals surface area (Å²) in [5.74, 6) is 0. The Labute approximate surface area is 239 Å². The first kappa shape index (κ1) is 31.4. The number of rotatable bonds is 1. The fourth-order valence-corrected chi connectivity index (χ4v) is 4.74. The van der Waals surface area contributed by atoms with Crippen LogP contribution in [-0.2, 0) is 36.1 Å². The third-order valence-electron chi connectivity index (χ3n) is 5.91. The molecule has 0 spiro atoms. The standard InChI is InChI=1S/C13H9.C11H17.C8H8.2ClH.Zr/c1-3-7-12-10(5-1)9-11-6-2-4-8-13(11)12;1-8-6-9(2)10(7-8)11(3,4)5;1-7-3-5-8(2)6-4-7;;;/h1-5,7-8H,9H2;6-7H,1-5H3;1,3-6H,2H3;2*1H;/q2*-1;;;;+2/p-2. The molecule has 0 atom stereocenters. The van der Waals surface area contributed by atoms with Gasteiger partial charge in [-0.1, -0.05) is 75.4 Å². The van der Waals surface area contributed by atoms with Crippen molar-refractivity contribution in [3.63, 3.8) is 0 Å². The first-order valence-electron chi connectivity index (χ1n) is 11.6. The van der Waals surface area contributed by atoms with E-state index in [4.69, 9.17) is 0 Å². The van der Waals surface area contributed by atoms with E-state index in [-0.39, 0.29) is 24.8 Å². The van der Waals surface area contributed by atoms with Crippen LogP contribution in [0.2, 0.25) is 0 Å². The van der Waals surface area contributed by atoms with Crippen LogP contribution in [0.1, 0.15) is 59.7 Å². The molecule has 35 heavy (non-hydrogen) atoms. The molecule has 0 amide bonds. The van der Waals surface area contributed by atoms with Crippen LogP contribution in [0.25, 0.3) is 11.1 Å². The quantitative estimate of drug-likeness (QED) is 0.267. The van der Waals surface area contributed by atoms with Crippen LogP contribution in [0.3, 0.4) is 0 Å². The summed E-state index contributed by atoms with van der Waals surface area (Å²) < 4.78 is 2.19. The van der Waals surface area contributed by atoms with Gasteiger partial charge >= 0.3 is 70.3 Å². The van der Waals surface area contributed by atoms with Crippen molar-refractivity contribution in [1.29, 1.82) is 0 Å². The minimum absolute atomic E-state index is 0. The number of fused-ring (bicyclic) bond motifs is 3. The molecule has 0 saturated carbocycles. The van der Waals surface area contributed by atoms with Gasteiger partial charge in [0.1, 0.15) is 0 Å². The van der Waals surface area contributed by atoms with Gasteiger partial charge in [-0.15, -0.1) is 5.56 Å². The number of aryl methyl sites for hydroxylation is 3. The molecule has 0 heterocycles. The molecule has 3 heteroatoms. The minimum atomic E-state index is 0. The molecule has 1 aliphatic carbocycles. The molecule has 0 aliphatic heterocycles. The first-order chi connectivity index (χ1) is 15.7. The second-order valence-electron chi connectivity index (χ2n) is 9.83. The Kier molecular flexibility index (Phi) is 12.7. The monoisotopic (exact) mass is 578 g/mol. The molecule has 0 nitrogen and oxygen atoms in total. The normalized spacial score (nSPS) is 10.7. The van der Waals surface area contributed by atoms with Crippen LogP contribution in [0, 0.1) is 26.8 Å². The van der Waals surface area contributed by atoms with Gasteiger partial charge in [0.2, 0.25) is 0 Å². The van der Waals surface area contributed by atoms with Crippen molar-refractivity contribution in [3.8, 4) is 11.1 Å². The van der Waals surface area contributed by atoms with Crippen LogP contribution in [0.4, 0.5) is 0 Å². The largest absolute Gasteiger partial charge is 1.00 e. The van der Waals surface area contributed by atoms with Gasteiger partial charge in [0.25, 0.3) is 0 Å². The summed E-state index contributed by atoms with van der Waals surface area (Å²) >= 11 is 1.47. The van der Waals surface area contributed by atoms with Crippen molar-refractivity contribution in [2.24, 2.45) is 0 Å². The van der Waals surface area contributed by atoms with Gasteiger partial charge in [0, 0.05) is 0 Å². The summed E-state index contributed by atoms with van der Waals surface area (Å²) in [5.41, 5.74) is 12.8. The molecule has 0 N–H and O–H groups in total. The zero-order valence-electron chi connectivity index (χ0n) is 21.5. The molecular weight excluding hydrogens is 546 g/mol. The van der Waals surface area contributed by atoms with E-state index in [1.54, 1.807) is 0 Å². The third kappa shape index (κ3) is 8.75. The fourth-order valence-electron chi connectivity index (χ4n) is 4.27. The van der Waals surface area contributed by atoms with E-state index < -0.39 is 0 Å². The number of hydrogen-bond donors (Lipinski definition) is 0. The van der Waals surface area contributed by atoms with E-state index in [9.17, 15) is 0 Å². The maximum Gasteiger partial charge on any atom is -0.0253 e. The molecule has 0 saturated heterocycles. The van der Waals surface area contributed by atoms with Gasteiger partial charge in [-0.3, -0.25) is 0 Å². The van der Waals surface area contributed by atoms with Crippen LogP contribution < -0.4 is 24.8 Å². The van der Waals surface area contributed by atoms with Gasteiger partial charge in [0.05, 0.1) is 0 Å². The minimum Gasteiger partial charge on any atom is -1.00 e. The Hall–Kier alpha value is -1.66. The fraction of sp³-hybridized carbons (Fsp3) is 0.250. The predicted molar refractivity (Wildman–Crippen MR) is 140 cm³/mol. The second kappa shape index (κ2) is 14.2. The summed E-state index contributed by atoms with van der Waals surface area (Å²) in [5, 5.41) is 0. The number of benzene rings is 3. The average molecular weight is 581 g/mol. The number of halogens is 2. The molecule has 1 aliphatic rings. The Morgan fingerprint density at radius 2 is 1.49 bits per heavy atom. The van der Waals surface area contributed by atoms with Gasteiger partial charge in [0.15, 0.2) is 0 Å². The van der Waals surface area contributed by atoms with E-state index in [2.05, 4.69) is 124 Å². The Morgan fingerprint density at radius 1 is 0.857 bits per heavy atom. The van der Waals surface area contributed by atoms with Gasteiger partial charge in [-0.25, -0.2) is 6.07 Å². The molecule has 0 bridgehead atoms. The zero-order chi connectivity index (χ0) is 24.0. The van der Waals surface area contributed by atoms with E-state index in [1.807, 2.05) is 6.07 Å². The summed E-state index contributed by atoms with van der Waals surface area (Å²) in [6.45, 7) is 13.2. The van der Waals surface area contributed by atoms with Crippen molar-refractivity contribution >= 4 is 3.71 Å². The summed E-state index contributed by atoms with van der Waals surface area (Å²) in [6.07, 6.45) is 1.05. The summed E-state index contributed by atoms with van der Waals surface area (Å²) in [4.78, 5) is 0. The van der Waals surface area contributed by atoms with Crippen molar-refractivity contribution in [1.82, 2.24) is 0 Å². The Balaban J connectivity index is 0.000000260. The molecular formula is C32H34Cl2Zr-2. The Bertz CT molecular complexity index is 1170. The zero-order valence-corrected chi connectivity index (χ0v) is 25.5. The molecule has 0 radical (unpaired) electrons. The van der Waals surface area contributed by atoms with Crippen molar-refractivity contribution in [3.05, 3.63) is 124 Å². The molecule has 4 aromatic carbocycles. The van der Waals surface area contributed by atoms with Crippen LogP contribution in [0.5, 0.6) is 0 Å². The molecule has 4 aromatic rings. The smallest absolute Gasteiger partial charge is 0.0253 e. The van der Waals surface area contributed by atoms with E-state index in [0.717, 1.165) is 6.42 Å². The van der Waals surface area contributed by atoms with Crippen LogP contribution in [0.15, 0.2) is 78.9 Å². The molecule has 0 unspecified atom stereocenters.